The van der Waals surface area contributed by atoms with Gasteiger partial charge in [-0.2, -0.15) is 5.10 Å². The van der Waals surface area contributed by atoms with Gasteiger partial charge in [0.2, 0.25) is 5.91 Å². The first-order valence-electron chi connectivity index (χ1n) is 9.02. The van der Waals surface area contributed by atoms with Crippen molar-refractivity contribution in [3.63, 3.8) is 0 Å². The lowest BCUT2D eigenvalue weighted by Crippen LogP contribution is -2.19. The standard InChI is InChI=1S/C20H24N4O2/c1-21-20(26)16-10-7-15(8-11-16)9-12-19(25)23-18-13-14-22-24(18)17-5-3-2-4-6-17/h7-14,17H,2-6H2,1H3,(H,21,26)(H,23,25)/b12-9+. The third-order valence-corrected chi connectivity index (χ3v) is 4.67. The number of hydrogen-bond acceptors (Lipinski definition) is 3. The van der Waals surface area contributed by atoms with Gasteiger partial charge in [0.15, 0.2) is 0 Å². The monoisotopic (exact) mass is 352 g/mol. The molecular formula is C20H24N4O2. The number of nitrogens with one attached hydrogen (secondary N) is 2. The van der Waals surface area contributed by atoms with Crippen molar-refractivity contribution in [1.29, 1.82) is 0 Å². The highest BCUT2D eigenvalue weighted by molar-refractivity contribution is 6.01. The average Bonchev–Trinajstić information content (AvgIpc) is 3.15. The minimum atomic E-state index is -0.196. The predicted molar refractivity (Wildman–Crippen MR) is 102 cm³/mol. The first-order valence-corrected chi connectivity index (χ1v) is 9.02. The molecule has 0 spiro atoms. The summed E-state index contributed by atoms with van der Waals surface area (Å²) in [5.41, 5.74) is 1.44. The van der Waals surface area contributed by atoms with Crippen LogP contribution in [0.5, 0.6) is 0 Å². The van der Waals surface area contributed by atoms with Crippen molar-refractivity contribution in [2.45, 2.75) is 38.1 Å². The number of carbonyl (C=O) groups excluding carboxylic acids is 2. The van der Waals surface area contributed by atoms with Gasteiger partial charge < -0.3 is 10.6 Å². The van der Waals surface area contributed by atoms with Crippen molar-refractivity contribution in [1.82, 2.24) is 15.1 Å². The Morgan fingerprint density at radius 1 is 1.12 bits per heavy atom. The largest absolute Gasteiger partial charge is 0.355 e. The van der Waals surface area contributed by atoms with Gasteiger partial charge in [-0.05, 0) is 36.6 Å². The molecule has 2 aromatic rings. The van der Waals surface area contributed by atoms with Crippen molar-refractivity contribution < 1.29 is 9.59 Å². The van der Waals surface area contributed by atoms with Crippen LogP contribution in [0.25, 0.3) is 6.08 Å². The molecule has 0 unspecified atom stereocenters. The first kappa shape index (κ1) is 17.9. The van der Waals surface area contributed by atoms with Gasteiger partial charge in [0.05, 0.1) is 12.2 Å². The third-order valence-electron chi connectivity index (χ3n) is 4.67. The van der Waals surface area contributed by atoms with Gasteiger partial charge in [-0.3, -0.25) is 9.59 Å². The summed E-state index contributed by atoms with van der Waals surface area (Å²) in [6.45, 7) is 0. The van der Waals surface area contributed by atoms with Gasteiger partial charge in [0.25, 0.3) is 5.91 Å². The molecule has 2 N–H and O–H groups in total. The lowest BCUT2D eigenvalue weighted by atomic mass is 9.96. The number of benzene rings is 1. The minimum Gasteiger partial charge on any atom is -0.355 e. The second-order valence-corrected chi connectivity index (χ2v) is 6.48. The molecule has 0 atom stereocenters. The molecule has 1 aliphatic carbocycles. The Labute approximate surface area is 153 Å². The molecule has 1 aromatic carbocycles. The molecule has 0 saturated heterocycles. The number of nitrogens with zero attached hydrogens (tertiary/aromatic N) is 2. The Morgan fingerprint density at radius 2 is 1.85 bits per heavy atom. The molecule has 6 heteroatoms. The number of hydrogen-bond donors (Lipinski definition) is 2. The molecule has 1 heterocycles. The highest BCUT2D eigenvalue weighted by Crippen LogP contribution is 2.29. The van der Waals surface area contributed by atoms with E-state index in [1.807, 2.05) is 10.7 Å². The van der Waals surface area contributed by atoms with E-state index in [-0.39, 0.29) is 11.8 Å². The summed E-state index contributed by atoms with van der Waals surface area (Å²) in [4.78, 5) is 23.8. The average molecular weight is 352 g/mol. The molecule has 1 saturated carbocycles. The number of amides is 2. The van der Waals surface area contributed by atoms with E-state index >= 15 is 0 Å². The molecular weight excluding hydrogens is 328 g/mol. The molecule has 0 radical (unpaired) electrons. The zero-order valence-corrected chi connectivity index (χ0v) is 14.9. The van der Waals surface area contributed by atoms with E-state index < -0.39 is 0 Å². The van der Waals surface area contributed by atoms with Crippen molar-refractivity contribution in [2.75, 3.05) is 12.4 Å². The summed E-state index contributed by atoms with van der Waals surface area (Å²) in [5.74, 6) is 0.411. The number of carbonyl (C=O) groups is 2. The van der Waals surface area contributed by atoms with Crippen molar-refractivity contribution >= 4 is 23.7 Å². The van der Waals surface area contributed by atoms with Gasteiger partial charge in [-0.25, -0.2) is 4.68 Å². The molecule has 26 heavy (non-hydrogen) atoms. The lowest BCUT2D eigenvalue weighted by molar-refractivity contribution is -0.111. The SMILES string of the molecule is CNC(=O)c1ccc(/C=C/C(=O)Nc2ccnn2C2CCCCC2)cc1. The van der Waals surface area contributed by atoms with E-state index in [4.69, 9.17) is 0 Å². The summed E-state index contributed by atoms with van der Waals surface area (Å²) < 4.78 is 1.93. The maximum absolute atomic E-state index is 12.2. The predicted octanol–water partition coefficient (Wildman–Crippen LogP) is 3.40. The zero-order chi connectivity index (χ0) is 18.4. The van der Waals surface area contributed by atoms with Crippen LogP contribution in [0.3, 0.4) is 0 Å². The summed E-state index contributed by atoms with van der Waals surface area (Å²) in [5, 5.41) is 9.87. The number of aromatic nitrogens is 2. The zero-order valence-electron chi connectivity index (χ0n) is 14.9. The Bertz CT molecular complexity index is 786. The highest BCUT2D eigenvalue weighted by atomic mass is 16.2. The molecule has 136 valence electrons. The molecule has 1 aliphatic rings. The van der Waals surface area contributed by atoms with Crippen LogP contribution >= 0.6 is 0 Å². The molecule has 1 fully saturated rings. The fourth-order valence-corrected chi connectivity index (χ4v) is 3.26. The molecule has 6 nitrogen and oxygen atoms in total. The smallest absolute Gasteiger partial charge is 0.251 e. The molecule has 0 bridgehead atoms. The number of anilines is 1. The molecule has 0 aliphatic heterocycles. The summed E-state index contributed by atoms with van der Waals surface area (Å²) in [7, 11) is 1.60. The lowest BCUT2D eigenvalue weighted by Gasteiger charge is -2.23. The van der Waals surface area contributed by atoms with Crippen molar-refractivity contribution in [3.05, 3.63) is 53.7 Å². The quantitative estimate of drug-likeness (QED) is 0.810. The molecule has 1 aromatic heterocycles. The summed E-state index contributed by atoms with van der Waals surface area (Å²) in [6.07, 6.45) is 10.9. The van der Waals surface area contributed by atoms with Gasteiger partial charge in [-0.1, -0.05) is 31.4 Å². The van der Waals surface area contributed by atoms with Crippen molar-refractivity contribution in [3.8, 4) is 0 Å². The van der Waals surface area contributed by atoms with Crippen LogP contribution in [0.1, 0.15) is 54.1 Å². The van der Waals surface area contributed by atoms with Crippen LogP contribution in [0, 0.1) is 0 Å². The second-order valence-electron chi connectivity index (χ2n) is 6.48. The fourth-order valence-electron chi connectivity index (χ4n) is 3.26. The summed E-state index contributed by atoms with van der Waals surface area (Å²) >= 11 is 0. The van der Waals surface area contributed by atoms with Gasteiger partial charge in [-0.15, -0.1) is 0 Å². The highest BCUT2D eigenvalue weighted by Gasteiger charge is 2.18. The van der Waals surface area contributed by atoms with Crippen LogP contribution in [0.15, 0.2) is 42.6 Å². The Balaban J connectivity index is 1.61. The van der Waals surface area contributed by atoms with Crippen LogP contribution in [0.4, 0.5) is 5.82 Å². The van der Waals surface area contributed by atoms with Crippen LogP contribution in [-0.4, -0.2) is 28.6 Å². The van der Waals surface area contributed by atoms with Crippen molar-refractivity contribution in [2.24, 2.45) is 0 Å². The summed E-state index contributed by atoms with van der Waals surface area (Å²) in [6, 6.07) is 9.28. The first-order chi connectivity index (χ1) is 12.7. The van der Waals surface area contributed by atoms with E-state index in [0.717, 1.165) is 24.2 Å². The van der Waals surface area contributed by atoms with Crippen LogP contribution in [-0.2, 0) is 4.79 Å². The van der Waals surface area contributed by atoms with E-state index in [9.17, 15) is 9.59 Å². The molecule has 3 rings (SSSR count). The molecule has 2 amide bonds. The van der Waals surface area contributed by atoms with Crippen LogP contribution in [0.2, 0.25) is 0 Å². The Morgan fingerprint density at radius 3 is 2.54 bits per heavy atom. The normalized spacial score (nSPS) is 15.1. The van der Waals surface area contributed by atoms with Gasteiger partial charge in [0, 0.05) is 24.8 Å². The van der Waals surface area contributed by atoms with Gasteiger partial charge in [0.1, 0.15) is 5.82 Å². The fraction of sp³-hybridized carbons (Fsp3) is 0.350. The van der Waals surface area contributed by atoms with Crippen LogP contribution < -0.4 is 10.6 Å². The second kappa shape index (κ2) is 8.47. The van der Waals surface area contributed by atoms with E-state index in [2.05, 4.69) is 15.7 Å². The maximum Gasteiger partial charge on any atom is 0.251 e. The maximum atomic E-state index is 12.2. The number of rotatable bonds is 5. The van der Waals surface area contributed by atoms with E-state index in [1.54, 1.807) is 43.6 Å². The van der Waals surface area contributed by atoms with Gasteiger partial charge >= 0.3 is 0 Å². The van der Waals surface area contributed by atoms with E-state index in [1.165, 1.54) is 25.3 Å². The van der Waals surface area contributed by atoms with E-state index in [0.29, 0.717) is 11.6 Å². The Hall–Kier alpha value is -2.89. The minimum absolute atomic E-state index is 0.130. The third kappa shape index (κ3) is 4.39. The Kier molecular flexibility index (Phi) is 5.84. The topological polar surface area (TPSA) is 76.0 Å².